The highest BCUT2D eigenvalue weighted by Gasteiger charge is 2.42. The van der Waals surface area contributed by atoms with Crippen LogP contribution in [0.5, 0.6) is 0 Å². The lowest BCUT2D eigenvalue weighted by atomic mass is 9.76. The van der Waals surface area contributed by atoms with E-state index in [9.17, 15) is 9.90 Å². The van der Waals surface area contributed by atoms with Crippen LogP contribution in [0.3, 0.4) is 0 Å². The summed E-state index contributed by atoms with van der Waals surface area (Å²) in [4.78, 5) is 17.2. The number of benzene rings is 1. The fourth-order valence-electron chi connectivity index (χ4n) is 3.39. The van der Waals surface area contributed by atoms with Crippen LogP contribution in [0.15, 0.2) is 37.0 Å². The lowest BCUT2D eigenvalue weighted by Gasteiger charge is -2.33. The van der Waals surface area contributed by atoms with E-state index in [1.807, 2.05) is 13.0 Å². The summed E-state index contributed by atoms with van der Waals surface area (Å²) >= 11 is 12.3. The molecule has 1 atom stereocenters. The van der Waals surface area contributed by atoms with Gasteiger partial charge in [-0.3, -0.25) is 9.78 Å². The van der Waals surface area contributed by atoms with Crippen LogP contribution in [0, 0.1) is 6.92 Å². The maximum Gasteiger partial charge on any atom is 0.169 e. The normalized spacial score (nSPS) is 19.6. The summed E-state index contributed by atoms with van der Waals surface area (Å²) in [6.07, 6.45) is 3.18. The number of Topliss-reactive ketones (excluding diaryl/α,β-unsaturated/α-hetero) is 1. The van der Waals surface area contributed by atoms with Gasteiger partial charge in [-0.25, -0.2) is 0 Å². The molecule has 0 aliphatic heterocycles. The molecule has 1 unspecified atom stereocenters. The number of aryl methyl sites for hydroxylation is 1. The van der Waals surface area contributed by atoms with Crippen LogP contribution >= 0.6 is 23.2 Å². The summed E-state index contributed by atoms with van der Waals surface area (Å²) in [5.41, 5.74) is 2.34. The van der Waals surface area contributed by atoms with E-state index < -0.39 is 5.60 Å². The summed E-state index contributed by atoms with van der Waals surface area (Å²) < 4.78 is 0. The number of ketones is 1. The third kappa shape index (κ3) is 3.37. The molecule has 0 bridgehead atoms. The minimum absolute atomic E-state index is 0.194. The van der Waals surface area contributed by atoms with Crippen LogP contribution in [-0.2, 0) is 16.8 Å². The van der Waals surface area contributed by atoms with Crippen molar-refractivity contribution >= 4 is 34.6 Å². The second-order valence-corrected chi connectivity index (χ2v) is 7.31. The van der Waals surface area contributed by atoms with Crippen molar-refractivity contribution in [1.82, 2.24) is 4.98 Å². The fraction of sp³-hybridized carbons (Fsp3) is 0.300. The number of aromatic nitrogens is 1. The molecule has 0 saturated heterocycles. The lowest BCUT2D eigenvalue weighted by molar-refractivity contribution is -0.139. The van der Waals surface area contributed by atoms with Gasteiger partial charge >= 0.3 is 0 Å². The molecule has 5 heteroatoms. The van der Waals surface area contributed by atoms with Crippen LogP contribution < -0.4 is 0 Å². The van der Waals surface area contributed by atoms with Gasteiger partial charge in [0.1, 0.15) is 5.60 Å². The Bertz CT molecular complexity index is 840. The van der Waals surface area contributed by atoms with E-state index in [2.05, 4.69) is 11.6 Å². The molecule has 1 aromatic heterocycles. The topological polar surface area (TPSA) is 50.2 Å². The van der Waals surface area contributed by atoms with E-state index in [1.165, 1.54) is 0 Å². The Labute approximate surface area is 157 Å². The summed E-state index contributed by atoms with van der Waals surface area (Å²) in [6.45, 7) is 5.90. The first-order chi connectivity index (χ1) is 11.8. The van der Waals surface area contributed by atoms with Crippen molar-refractivity contribution in [3.05, 3.63) is 69.5 Å². The van der Waals surface area contributed by atoms with E-state index in [4.69, 9.17) is 23.2 Å². The van der Waals surface area contributed by atoms with Crippen LogP contribution in [0.4, 0.5) is 0 Å². The maximum absolute atomic E-state index is 12.9. The molecular weight excluding hydrogens is 357 g/mol. The maximum atomic E-state index is 12.9. The molecule has 2 aromatic rings. The van der Waals surface area contributed by atoms with Crippen molar-refractivity contribution in [2.24, 2.45) is 0 Å². The van der Waals surface area contributed by atoms with Crippen molar-refractivity contribution in [2.45, 2.75) is 38.2 Å². The highest BCUT2D eigenvalue weighted by molar-refractivity contribution is 6.35. The summed E-state index contributed by atoms with van der Waals surface area (Å²) in [5.74, 6) is -0.223. The standard InChI is InChI=1S/C20H19Cl2NO2/c1-12-7-8-20(25,16-4-3-9-23-19(12)16)18(24)6-5-15-13(2)10-14(21)11-17(15)22/h3-4,9-11,25H,1,5-8H2,2H3. The van der Waals surface area contributed by atoms with E-state index >= 15 is 0 Å². The first-order valence-electron chi connectivity index (χ1n) is 8.17. The smallest absolute Gasteiger partial charge is 0.169 e. The second kappa shape index (κ2) is 6.91. The molecule has 25 heavy (non-hydrogen) atoms. The van der Waals surface area contributed by atoms with Crippen LogP contribution in [0.25, 0.3) is 5.57 Å². The quantitative estimate of drug-likeness (QED) is 0.826. The number of allylic oxidation sites excluding steroid dienone is 1. The van der Waals surface area contributed by atoms with Gasteiger partial charge in [0.2, 0.25) is 0 Å². The summed E-state index contributed by atoms with van der Waals surface area (Å²) in [7, 11) is 0. The molecule has 0 radical (unpaired) electrons. The number of hydrogen-bond donors (Lipinski definition) is 1. The molecule has 1 aliphatic carbocycles. The molecule has 3 rings (SSSR count). The van der Waals surface area contributed by atoms with Crippen molar-refractivity contribution in [3.8, 4) is 0 Å². The Balaban J connectivity index is 1.85. The van der Waals surface area contributed by atoms with Crippen LogP contribution in [0.1, 0.15) is 41.6 Å². The highest BCUT2D eigenvalue weighted by Crippen LogP contribution is 2.40. The minimum Gasteiger partial charge on any atom is -0.377 e. The number of pyridine rings is 1. The first kappa shape index (κ1) is 18.1. The Kier molecular flexibility index (Phi) is 5.01. The molecule has 0 amide bonds. The molecule has 0 fully saturated rings. The van der Waals surface area contributed by atoms with Gasteiger partial charge in [0.25, 0.3) is 0 Å². The zero-order valence-electron chi connectivity index (χ0n) is 14.0. The zero-order chi connectivity index (χ0) is 18.2. The van der Waals surface area contributed by atoms with E-state index in [0.717, 1.165) is 16.7 Å². The largest absolute Gasteiger partial charge is 0.377 e. The van der Waals surface area contributed by atoms with Crippen molar-refractivity contribution in [2.75, 3.05) is 0 Å². The predicted molar refractivity (Wildman–Crippen MR) is 101 cm³/mol. The van der Waals surface area contributed by atoms with E-state index in [1.54, 1.807) is 24.4 Å². The lowest BCUT2D eigenvalue weighted by Crippen LogP contribution is -2.39. The number of carbonyl (C=O) groups is 1. The second-order valence-electron chi connectivity index (χ2n) is 6.47. The van der Waals surface area contributed by atoms with Crippen LogP contribution in [-0.4, -0.2) is 15.9 Å². The van der Waals surface area contributed by atoms with Gasteiger partial charge in [0.05, 0.1) is 5.69 Å². The van der Waals surface area contributed by atoms with Gasteiger partial charge in [-0.1, -0.05) is 35.8 Å². The van der Waals surface area contributed by atoms with Gasteiger partial charge in [0.15, 0.2) is 5.78 Å². The van der Waals surface area contributed by atoms with Crippen molar-refractivity contribution in [3.63, 3.8) is 0 Å². The molecule has 130 valence electrons. The molecule has 1 aromatic carbocycles. The zero-order valence-corrected chi connectivity index (χ0v) is 15.5. The fourth-order valence-corrected chi connectivity index (χ4v) is 4.08. The minimum atomic E-state index is -1.52. The third-order valence-electron chi connectivity index (χ3n) is 4.82. The van der Waals surface area contributed by atoms with Gasteiger partial charge in [-0.05, 0) is 61.1 Å². The van der Waals surface area contributed by atoms with Gasteiger partial charge < -0.3 is 5.11 Å². The molecule has 3 nitrogen and oxygen atoms in total. The third-order valence-corrected chi connectivity index (χ3v) is 5.38. The number of rotatable bonds is 4. The Morgan fingerprint density at radius 1 is 1.40 bits per heavy atom. The molecule has 1 aliphatic rings. The first-order valence-corrected chi connectivity index (χ1v) is 8.92. The number of fused-ring (bicyclic) bond motifs is 1. The van der Waals surface area contributed by atoms with E-state index in [0.29, 0.717) is 40.6 Å². The van der Waals surface area contributed by atoms with Crippen molar-refractivity contribution in [1.29, 1.82) is 0 Å². The summed E-state index contributed by atoms with van der Waals surface area (Å²) in [6, 6.07) is 6.99. The Morgan fingerprint density at radius 2 is 2.16 bits per heavy atom. The predicted octanol–water partition coefficient (Wildman–Crippen LogP) is 4.89. The molecule has 1 heterocycles. The van der Waals surface area contributed by atoms with E-state index in [-0.39, 0.29) is 12.2 Å². The van der Waals surface area contributed by atoms with Crippen LogP contribution in [0.2, 0.25) is 10.0 Å². The molecule has 1 N–H and O–H groups in total. The monoisotopic (exact) mass is 375 g/mol. The molecule has 0 saturated carbocycles. The van der Waals surface area contributed by atoms with Gasteiger partial charge in [0, 0.05) is 28.2 Å². The van der Waals surface area contributed by atoms with Gasteiger partial charge in [-0.2, -0.15) is 0 Å². The Hall–Kier alpha value is -1.68. The number of halogens is 2. The number of nitrogens with zero attached hydrogens (tertiary/aromatic N) is 1. The molecule has 0 spiro atoms. The summed E-state index contributed by atoms with van der Waals surface area (Å²) in [5, 5.41) is 12.2. The number of hydrogen-bond acceptors (Lipinski definition) is 3. The van der Waals surface area contributed by atoms with Crippen molar-refractivity contribution < 1.29 is 9.90 Å². The molecular formula is C20H19Cl2NO2. The average Bonchev–Trinajstić information content (AvgIpc) is 2.57. The number of carbonyl (C=O) groups excluding carboxylic acids is 1. The highest BCUT2D eigenvalue weighted by atomic mass is 35.5. The number of aliphatic hydroxyl groups is 1. The average molecular weight is 376 g/mol. The Morgan fingerprint density at radius 3 is 2.88 bits per heavy atom. The van der Waals surface area contributed by atoms with Gasteiger partial charge in [-0.15, -0.1) is 0 Å². The SMILES string of the molecule is C=C1CCC(O)(C(=O)CCc2c(C)cc(Cl)cc2Cl)c2cccnc21.